The summed E-state index contributed by atoms with van der Waals surface area (Å²) in [6, 6.07) is 6.19. The number of amides is 2. The number of nitrogen functional groups attached to an aromatic ring is 1. The van der Waals surface area contributed by atoms with Gasteiger partial charge in [-0.2, -0.15) is 15.4 Å². The van der Waals surface area contributed by atoms with E-state index in [0.717, 1.165) is 0 Å². The average molecular weight is 484 g/mol. The summed E-state index contributed by atoms with van der Waals surface area (Å²) in [6.45, 7) is 3.56. The number of H-pyrrole nitrogens is 1. The van der Waals surface area contributed by atoms with Gasteiger partial charge in [-0.15, -0.1) is 0 Å². The highest BCUT2D eigenvalue weighted by Gasteiger charge is 2.40. The van der Waals surface area contributed by atoms with E-state index >= 15 is 0 Å². The van der Waals surface area contributed by atoms with Gasteiger partial charge < -0.3 is 16.0 Å². The molecule has 0 spiro atoms. The SMILES string of the molecule is CC(C)c1ccc([C@@H](NC(=O)[C@@H]2C[C@@H](F)CN2C(=O)Cc2cn[nH]n2)c2cccnc2N)cc1F. The number of likely N-dealkylation sites (tertiary alicyclic amines) is 1. The number of carbonyl (C=O) groups excluding carboxylic acids is 2. The van der Waals surface area contributed by atoms with E-state index in [-0.39, 0.29) is 31.1 Å². The van der Waals surface area contributed by atoms with E-state index in [0.29, 0.717) is 22.4 Å². The summed E-state index contributed by atoms with van der Waals surface area (Å²) in [4.78, 5) is 31.5. The van der Waals surface area contributed by atoms with Gasteiger partial charge >= 0.3 is 0 Å². The molecule has 1 aliphatic rings. The van der Waals surface area contributed by atoms with Crippen LogP contribution in [0.4, 0.5) is 14.6 Å². The maximum Gasteiger partial charge on any atom is 0.243 e. The second-order valence-corrected chi connectivity index (χ2v) is 8.89. The molecular formula is C24H27F2N7O2. The maximum absolute atomic E-state index is 14.8. The van der Waals surface area contributed by atoms with E-state index in [1.807, 2.05) is 13.8 Å². The van der Waals surface area contributed by atoms with Gasteiger partial charge in [0, 0.05) is 18.2 Å². The van der Waals surface area contributed by atoms with Crippen LogP contribution in [-0.2, 0) is 16.0 Å². The van der Waals surface area contributed by atoms with Crippen molar-refractivity contribution in [3.05, 3.63) is 70.9 Å². The molecule has 0 radical (unpaired) electrons. The summed E-state index contributed by atoms with van der Waals surface area (Å²) in [5.41, 5.74) is 7.93. The second-order valence-electron chi connectivity index (χ2n) is 8.89. The van der Waals surface area contributed by atoms with Gasteiger partial charge in [0.2, 0.25) is 11.8 Å². The Kier molecular flexibility index (Phi) is 7.04. The predicted molar refractivity (Wildman–Crippen MR) is 124 cm³/mol. The molecule has 0 saturated carbocycles. The summed E-state index contributed by atoms with van der Waals surface area (Å²) in [5.74, 6) is -1.28. The van der Waals surface area contributed by atoms with E-state index in [2.05, 4.69) is 25.7 Å². The highest BCUT2D eigenvalue weighted by Crippen LogP contribution is 2.30. The number of alkyl halides is 1. The summed E-state index contributed by atoms with van der Waals surface area (Å²) < 4.78 is 29.2. The minimum Gasteiger partial charge on any atom is -0.383 e. The van der Waals surface area contributed by atoms with Gasteiger partial charge in [-0.3, -0.25) is 9.59 Å². The Bertz CT molecular complexity index is 1200. The highest BCUT2D eigenvalue weighted by molar-refractivity contribution is 5.89. The first-order chi connectivity index (χ1) is 16.7. The van der Waals surface area contributed by atoms with Gasteiger partial charge in [0.15, 0.2) is 0 Å². The largest absolute Gasteiger partial charge is 0.383 e. The molecule has 1 fully saturated rings. The zero-order chi connectivity index (χ0) is 25.1. The molecule has 0 unspecified atom stereocenters. The molecule has 35 heavy (non-hydrogen) atoms. The number of anilines is 1. The van der Waals surface area contributed by atoms with E-state index in [1.165, 1.54) is 23.4 Å². The lowest BCUT2D eigenvalue weighted by Crippen LogP contribution is -2.47. The van der Waals surface area contributed by atoms with Crippen LogP contribution >= 0.6 is 0 Å². The fraction of sp³-hybridized carbons (Fsp3) is 0.375. The first kappa shape index (κ1) is 24.2. The van der Waals surface area contributed by atoms with Gasteiger partial charge in [0.25, 0.3) is 0 Å². The molecule has 1 saturated heterocycles. The molecule has 184 valence electrons. The molecule has 0 bridgehead atoms. The Balaban J connectivity index is 1.62. The zero-order valence-electron chi connectivity index (χ0n) is 19.4. The van der Waals surface area contributed by atoms with Crippen molar-refractivity contribution >= 4 is 17.6 Å². The Morgan fingerprint density at radius 2 is 2.09 bits per heavy atom. The van der Waals surface area contributed by atoms with Gasteiger partial charge in [-0.25, -0.2) is 13.8 Å². The highest BCUT2D eigenvalue weighted by atomic mass is 19.1. The molecule has 2 aromatic heterocycles. The monoisotopic (exact) mass is 483 g/mol. The number of carbonyl (C=O) groups is 2. The molecule has 4 rings (SSSR count). The van der Waals surface area contributed by atoms with Crippen molar-refractivity contribution in [2.45, 2.75) is 50.9 Å². The second kappa shape index (κ2) is 10.2. The van der Waals surface area contributed by atoms with Crippen LogP contribution in [-0.4, -0.2) is 55.9 Å². The minimum absolute atomic E-state index is 0.0233. The Morgan fingerprint density at radius 1 is 1.29 bits per heavy atom. The molecule has 0 aliphatic carbocycles. The van der Waals surface area contributed by atoms with Crippen LogP contribution < -0.4 is 11.1 Å². The van der Waals surface area contributed by atoms with Gasteiger partial charge in [-0.1, -0.05) is 32.0 Å². The third-order valence-corrected chi connectivity index (χ3v) is 6.12. The third-order valence-electron chi connectivity index (χ3n) is 6.12. The quantitative estimate of drug-likeness (QED) is 0.473. The number of nitrogens with two attached hydrogens (primary N) is 1. The molecule has 4 N–H and O–H groups in total. The number of nitrogens with one attached hydrogen (secondary N) is 2. The van der Waals surface area contributed by atoms with Crippen molar-refractivity contribution in [2.24, 2.45) is 0 Å². The fourth-order valence-electron chi connectivity index (χ4n) is 4.32. The standard InChI is InChI=1S/C24H27F2N7O2/c1-13(2)17-6-5-14(8-19(17)26)22(18-4-3-7-28-23(18)27)30-24(35)20-9-15(25)12-33(20)21(34)10-16-11-29-32-31-16/h3-8,11,13,15,20,22H,9-10,12H2,1-2H3,(H2,27,28)(H,30,35)(H,29,31,32)/t15-,20+,22-/m1/s1. The first-order valence-corrected chi connectivity index (χ1v) is 11.3. The van der Waals surface area contributed by atoms with Crippen molar-refractivity contribution in [3.63, 3.8) is 0 Å². The van der Waals surface area contributed by atoms with Gasteiger partial charge in [0.1, 0.15) is 23.8 Å². The lowest BCUT2D eigenvalue weighted by atomic mass is 9.94. The zero-order valence-corrected chi connectivity index (χ0v) is 19.4. The topological polar surface area (TPSA) is 130 Å². The van der Waals surface area contributed by atoms with Gasteiger partial charge in [0.05, 0.1) is 30.9 Å². The summed E-state index contributed by atoms with van der Waals surface area (Å²) in [7, 11) is 0. The number of aromatic amines is 1. The lowest BCUT2D eigenvalue weighted by Gasteiger charge is -2.27. The molecular weight excluding hydrogens is 456 g/mol. The Hall–Kier alpha value is -3.89. The van der Waals surface area contributed by atoms with Crippen LogP contribution in [0, 0.1) is 5.82 Å². The van der Waals surface area contributed by atoms with Crippen molar-refractivity contribution in [1.82, 2.24) is 30.6 Å². The van der Waals surface area contributed by atoms with E-state index < -0.39 is 35.9 Å². The van der Waals surface area contributed by atoms with Gasteiger partial charge in [-0.05, 0) is 29.2 Å². The van der Waals surface area contributed by atoms with Crippen molar-refractivity contribution in [3.8, 4) is 0 Å². The van der Waals surface area contributed by atoms with Crippen LogP contribution in [0.25, 0.3) is 0 Å². The number of hydrogen-bond acceptors (Lipinski definition) is 6. The normalized spacial score (nSPS) is 18.6. The van der Waals surface area contributed by atoms with E-state index in [4.69, 9.17) is 5.73 Å². The number of benzene rings is 1. The number of nitrogens with zero attached hydrogens (tertiary/aromatic N) is 4. The molecule has 3 aromatic rings. The Labute approximate surface area is 201 Å². The Morgan fingerprint density at radius 3 is 2.74 bits per heavy atom. The molecule has 2 amide bonds. The molecule has 1 aliphatic heterocycles. The number of aromatic nitrogens is 4. The van der Waals surface area contributed by atoms with Crippen LogP contribution in [0.2, 0.25) is 0 Å². The van der Waals surface area contributed by atoms with Crippen molar-refractivity contribution in [1.29, 1.82) is 0 Å². The molecule has 9 nitrogen and oxygen atoms in total. The lowest BCUT2D eigenvalue weighted by molar-refractivity contribution is -0.138. The molecule has 11 heteroatoms. The van der Waals surface area contributed by atoms with E-state index in [1.54, 1.807) is 24.3 Å². The number of rotatable bonds is 7. The first-order valence-electron chi connectivity index (χ1n) is 11.3. The predicted octanol–water partition coefficient (Wildman–Crippen LogP) is 2.43. The summed E-state index contributed by atoms with van der Waals surface area (Å²) >= 11 is 0. The number of pyridine rings is 1. The smallest absolute Gasteiger partial charge is 0.243 e. The summed E-state index contributed by atoms with van der Waals surface area (Å²) in [5, 5.41) is 12.8. The van der Waals surface area contributed by atoms with Crippen LogP contribution in [0.1, 0.15) is 54.6 Å². The molecule has 3 heterocycles. The van der Waals surface area contributed by atoms with Crippen LogP contribution in [0.5, 0.6) is 0 Å². The summed E-state index contributed by atoms with van der Waals surface area (Å²) in [6.07, 6.45) is 1.29. The average Bonchev–Trinajstić information content (AvgIpc) is 3.47. The van der Waals surface area contributed by atoms with E-state index in [9.17, 15) is 18.4 Å². The van der Waals surface area contributed by atoms with Crippen LogP contribution in [0.3, 0.4) is 0 Å². The van der Waals surface area contributed by atoms with Crippen molar-refractivity contribution < 1.29 is 18.4 Å². The van der Waals surface area contributed by atoms with Crippen molar-refractivity contribution in [2.75, 3.05) is 12.3 Å². The molecule has 3 atom stereocenters. The van der Waals surface area contributed by atoms with Crippen LogP contribution in [0.15, 0.2) is 42.7 Å². The maximum atomic E-state index is 14.8. The fourth-order valence-corrected chi connectivity index (χ4v) is 4.32. The molecule has 1 aromatic carbocycles. The number of hydrogen-bond donors (Lipinski definition) is 3. The minimum atomic E-state index is -1.35. The number of halogens is 2. The third kappa shape index (κ3) is 5.28.